The largest absolute Gasteiger partial charge is 0.416 e. The summed E-state index contributed by atoms with van der Waals surface area (Å²) >= 11 is 1.57. The van der Waals surface area contributed by atoms with Crippen molar-refractivity contribution in [3.8, 4) is 0 Å². The Morgan fingerprint density at radius 1 is 1.30 bits per heavy atom. The van der Waals surface area contributed by atoms with Gasteiger partial charge in [-0.25, -0.2) is 4.98 Å². The van der Waals surface area contributed by atoms with Crippen LogP contribution in [0.3, 0.4) is 0 Å². The quantitative estimate of drug-likeness (QED) is 0.812. The van der Waals surface area contributed by atoms with E-state index in [4.69, 9.17) is 0 Å². The molecule has 0 radical (unpaired) electrons. The van der Waals surface area contributed by atoms with Crippen molar-refractivity contribution in [3.63, 3.8) is 0 Å². The van der Waals surface area contributed by atoms with Crippen molar-refractivity contribution in [2.24, 2.45) is 0 Å². The van der Waals surface area contributed by atoms with Crippen LogP contribution >= 0.6 is 11.3 Å². The molecule has 1 N–H and O–H groups in total. The Kier molecular flexibility index (Phi) is 5.76. The second-order valence-corrected chi connectivity index (χ2v) is 6.11. The van der Waals surface area contributed by atoms with Gasteiger partial charge in [-0.1, -0.05) is 18.2 Å². The summed E-state index contributed by atoms with van der Waals surface area (Å²) in [5.74, 6) is -0.406. The highest BCUT2D eigenvalue weighted by Crippen LogP contribution is 2.31. The van der Waals surface area contributed by atoms with E-state index in [9.17, 15) is 18.0 Å². The third-order valence-corrected chi connectivity index (χ3v) is 4.26. The Bertz CT molecular complexity index is 667. The van der Waals surface area contributed by atoms with Crippen LogP contribution in [0, 0.1) is 6.92 Å². The highest BCUT2D eigenvalue weighted by molar-refractivity contribution is 7.09. The molecule has 23 heavy (non-hydrogen) atoms. The maximum Gasteiger partial charge on any atom is 0.416 e. The maximum atomic E-state index is 12.9. The first-order valence-electron chi connectivity index (χ1n) is 7.19. The van der Waals surface area contributed by atoms with Gasteiger partial charge in [-0.15, -0.1) is 11.3 Å². The summed E-state index contributed by atoms with van der Waals surface area (Å²) in [6.07, 6.45) is -3.26. The second-order valence-electron chi connectivity index (χ2n) is 5.17. The first-order chi connectivity index (χ1) is 10.9. The molecule has 0 bridgehead atoms. The zero-order chi connectivity index (χ0) is 16.9. The first-order valence-corrected chi connectivity index (χ1v) is 8.07. The molecule has 7 heteroatoms. The van der Waals surface area contributed by atoms with Gasteiger partial charge in [0.15, 0.2) is 0 Å². The number of hydrogen-bond acceptors (Lipinski definition) is 3. The first kappa shape index (κ1) is 17.5. The van der Waals surface area contributed by atoms with Crippen molar-refractivity contribution < 1.29 is 18.0 Å². The summed E-state index contributed by atoms with van der Waals surface area (Å²) < 4.78 is 38.6. The lowest BCUT2D eigenvalue weighted by atomic mass is 10.0. The molecule has 0 unspecified atom stereocenters. The molecular weight excluding hydrogens is 325 g/mol. The number of aryl methyl sites for hydroxylation is 2. The van der Waals surface area contributed by atoms with Crippen LogP contribution in [0.2, 0.25) is 0 Å². The fraction of sp³-hybridized carbons (Fsp3) is 0.375. The van der Waals surface area contributed by atoms with Crippen molar-refractivity contribution in [3.05, 3.63) is 51.5 Å². The molecule has 1 aromatic carbocycles. The van der Waals surface area contributed by atoms with Crippen molar-refractivity contribution in [2.45, 2.75) is 32.4 Å². The summed E-state index contributed by atoms with van der Waals surface area (Å²) in [6, 6.07) is 5.15. The second kappa shape index (κ2) is 7.59. The smallest absolute Gasteiger partial charge is 0.356 e. The minimum absolute atomic E-state index is 0.00644. The Morgan fingerprint density at radius 3 is 2.70 bits per heavy atom. The number of hydrogen-bond donors (Lipinski definition) is 1. The van der Waals surface area contributed by atoms with Crippen molar-refractivity contribution in [2.75, 3.05) is 6.54 Å². The minimum atomic E-state index is -4.44. The monoisotopic (exact) mass is 342 g/mol. The number of carbonyl (C=O) groups is 1. The maximum absolute atomic E-state index is 12.9. The molecule has 0 saturated heterocycles. The fourth-order valence-corrected chi connectivity index (χ4v) is 2.99. The van der Waals surface area contributed by atoms with E-state index in [0.717, 1.165) is 23.2 Å². The summed E-state index contributed by atoms with van der Waals surface area (Å²) in [6.45, 7) is 2.34. The molecule has 2 rings (SSSR count). The summed E-state index contributed by atoms with van der Waals surface area (Å²) in [5, 5.41) is 5.62. The number of benzene rings is 1. The number of amides is 1. The number of aromatic nitrogens is 1. The van der Waals surface area contributed by atoms with Gasteiger partial charge in [0.1, 0.15) is 0 Å². The average Bonchev–Trinajstić information content (AvgIpc) is 2.89. The van der Waals surface area contributed by atoms with Crippen molar-refractivity contribution in [1.82, 2.24) is 10.3 Å². The van der Waals surface area contributed by atoms with Gasteiger partial charge in [-0.05, 0) is 25.0 Å². The number of thiazole rings is 1. The van der Waals surface area contributed by atoms with E-state index in [2.05, 4.69) is 10.3 Å². The molecule has 1 heterocycles. The number of nitrogens with one attached hydrogen (secondary N) is 1. The zero-order valence-corrected chi connectivity index (χ0v) is 13.4. The Balaban J connectivity index is 1.81. The van der Waals surface area contributed by atoms with Gasteiger partial charge in [0.25, 0.3) is 0 Å². The van der Waals surface area contributed by atoms with E-state index in [0.29, 0.717) is 13.0 Å². The predicted molar refractivity (Wildman–Crippen MR) is 83.3 cm³/mol. The van der Waals surface area contributed by atoms with Crippen LogP contribution in [0.4, 0.5) is 13.2 Å². The lowest BCUT2D eigenvalue weighted by molar-refractivity contribution is -0.138. The number of halogens is 3. The SMILES string of the molecule is Cc1csc(CCCNC(=O)Cc2ccccc2C(F)(F)F)n1. The Morgan fingerprint density at radius 2 is 2.04 bits per heavy atom. The molecular formula is C16H17F3N2OS. The lowest BCUT2D eigenvalue weighted by Gasteiger charge is -2.12. The van der Waals surface area contributed by atoms with Gasteiger partial charge in [-0.3, -0.25) is 4.79 Å². The van der Waals surface area contributed by atoms with Gasteiger partial charge < -0.3 is 5.32 Å². The van der Waals surface area contributed by atoms with E-state index in [1.807, 2.05) is 12.3 Å². The molecule has 0 aliphatic heterocycles. The molecule has 124 valence electrons. The molecule has 0 fully saturated rings. The van der Waals surface area contributed by atoms with Crippen LogP contribution in [0.5, 0.6) is 0 Å². The number of alkyl halides is 3. The topological polar surface area (TPSA) is 42.0 Å². The van der Waals surface area contributed by atoms with Gasteiger partial charge in [0, 0.05) is 24.0 Å². The van der Waals surface area contributed by atoms with Gasteiger partial charge in [-0.2, -0.15) is 13.2 Å². The zero-order valence-electron chi connectivity index (χ0n) is 12.6. The molecule has 0 spiro atoms. The predicted octanol–water partition coefficient (Wildman–Crippen LogP) is 3.76. The molecule has 3 nitrogen and oxygen atoms in total. The number of carbonyl (C=O) groups excluding carboxylic acids is 1. The summed E-state index contributed by atoms with van der Waals surface area (Å²) in [4.78, 5) is 16.1. The van der Waals surface area contributed by atoms with E-state index >= 15 is 0 Å². The lowest BCUT2D eigenvalue weighted by Crippen LogP contribution is -2.27. The van der Waals surface area contributed by atoms with Crippen LogP contribution in [0.1, 0.15) is 28.2 Å². The Hall–Kier alpha value is -1.89. The third kappa shape index (κ3) is 5.35. The van der Waals surface area contributed by atoms with E-state index in [-0.39, 0.29) is 12.0 Å². The van der Waals surface area contributed by atoms with E-state index in [1.54, 1.807) is 11.3 Å². The van der Waals surface area contributed by atoms with Crippen molar-refractivity contribution in [1.29, 1.82) is 0 Å². The molecule has 2 aromatic rings. The summed E-state index contributed by atoms with van der Waals surface area (Å²) in [7, 11) is 0. The normalized spacial score (nSPS) is 11.5. The molecule has 1 aromatic heterocycles. The van der Waals surface area contributed by atoms with Gasteiger partial charge in [0.2, 0.25) is 5.91 Å². The Labute approximate surface area is 136 Å². The average molecular weight is 342 g/mol. The van der Waals surface area contributed by atoms with Crippen LogP contribution in [-0.2, 0) is 23.8 Å². The number of nitrogens with zero attached hydrogens (tertiary/aromatic N) is 1. The van der Waals surface area contributed by atoms with Crippen LogP contribution in [0.25, 0.3) is 0 Å². The molecule has 1 amide bonds. The van der Waals surface area contributed by atoms with Crippen LogP contribution in [0.15, 0.2) is 29.6 Å². The summed E-state index contributed by atoms with van der Waals surface area (Å²) in [5.41, 5.74) is 0.208. The van der Waals surface area contributed by atoms with E-state index < -0.39 is 17.6 Å². The highest BCUT2D eigenvalue weighted by atomic mass is 32.1. The molecule has 0 saturated carbocycles. The third-order valence-electron chi connectivity index (χ3n) is 3.23. The van der Waals surface area contributed by atoms with Gasteiger partial charge >= 0.3 is 6.18 Å². The molecule has 0 aliphatic carbocycles. The van der Waals surface area contributed by atoms with E-state index in [1.165, 1.54) is 18.2 Å². The minimum Gasteiger partial charge on any atom is -0.356 e. The number of rotatable bonds is 6. The molecule has 0 aliphatic rings. The fourth-order valence-electron chi connectivity index (χ4n) is 2.17. The van der Waals surface area contributed by atoms with Crippen LogP contribution in [-0.4, -0.2) is 17.4 Å². The van der Waals surface area contributed by atoms with Gasteiger partial charge in [0.05, 0.1) is 17.0 Å². The van der Waals surface area contributed by atoms with Crippen molar-refractivity contribution >= 4 is 17.2 Å². The van der Waals surface area contributed by atoms with Crippen LogP contribution < -0.4 is 5.32 Å². The standard InChI is InChI=1S/C16H17F3N2OS/c1-11-10-23-15(21-11)7-4-8-20-14(22)9-12-5-2-3-6-13(12)16(17,18)19/h2-3,5-6,10H,4,7-9H2,1H3,(H,20,22). The highest BCUT2D eigenvalue weighted by Gasteiger charge is 2.33. The molecule has 0 atom stereocenters.